The minimum Gasteiger partial charge on any atom is -0.465 e. The first-order chi connectivity index (χ1) is 20.0. The van der Waals surface area contributed by atoms with Gasteiger partial charge in [0, 0.05) is 36.1 Å². The summed E-state index contributed by atoms with van der Waals surface area (Å²) in [5.41, 5.74) is 1.10. The van der Waals surface area contributed by atoms with Crippen LogP contribution in [0, 0.1) is 0 Å². The number of carbonyl (C=O) groups is 3. The van der Waals surface area contributed by atoms with E-state index >= 15 is 0 Å². The van der Waals surface area contributed by atoms with Crippen molar-refractivity contribution in [2.45, 2.75) is 77.0 Å². The minimum atomic E-state index is -0.579. The van der Waals surface area contributed by atoms with Crippen LogP contribution in [0.5, 0.6) is 0 Å². The lowest BCUT2D eigenvalue weighted by atomic mass is 9.68. The first-order valence-corrected chi connectivity index (χ1v) is 14.9. The molecule has 0 saturated heterocycles. The van der Waals surface area contributed by atoms with E-state index in [4.69, 9.17) is 25.8 Å². The van der Waals surface area contributed by atoms with Crippen molar-refractivity contribution in [3.05, 3.63) is 70.7 Å². The summed E-state index contributed by atoms with van der Waals surface area (Å²) in [7, 11) is 0. The number of nitrogens with zero attached hydrogens (tertiary/aromatic N) is 1. The van der Waals surface area contributed by atoms with Gasteiger partial charge in [0.1, 0.15) is 18.8 Å². The van der Waals surface area contributed by atoms with Crippen LogP contribution in [0.25, 0.3) is 0 Å². The highest BCUT2D eigenvalue weighted by Crippen LogP contribution is 2.40. The normalized spacial score (nSPS) is 18.5. The van der Waals surface area contributed by atoms with Crippen LogP contribution in [-0.4, -0.2) is 67.5 Å². The van der Waals surface area contributed by atoms with Gasteiger partial charge in [-0.05, 0) is 76.6 Å². The molecule has 230 valence electrons. The Kier molecular flexibility index (Phi) is 12.5. The van der Waals surface area contributed by atoms with Gasteiger partial charge in [-0.15, -0.1) is 0 Å². The molecule has 2 aromatic rings. The molecule has 0 aliphatic heterocycles. The summed E-state index contributed by atoms with van der Waals surface area (Å²) in [6, 6.07) is 17.4. The molecule has 0 atom stereocenters. The van der Waals surface area contributed by atoms with E-state index < -0.39 is 23.8 Å². The average Bonchev–Trinajstić information content (AvgIpc) is 2.95. The molecule has 3 rings (SSSR count). The maximum atomic E-state index is 12.8. The van der Waals surface area contributed by atoms with Crippen LogP contribution < -0.4 is 10.6 Å². The molecule has 1 saturated carbocycles. The lowest BCUT2D eigenvalue weighted by Gasteiger charge is -2.41. The van der Waals surface area contributed by atoms with Gasteiger partial charge in [-0.1, -0.05) is 54.1 Å². The lowest BCUT2D eigenvalue weighted by molar-refractivity contribution is -0.144. The molecule has 9 nitrogen and oxygen atoms in total. The summed E-state index contributed by atoms with van der Waals surface area (Å²) in [4.78, 5) is 38.8. The SMILES string of the molecule is CCOC(=O)CN(CCN[C@H]1CC[C@@](CNC(=O)OC(C)(C)C)(c2cccc(Cl)c2)CC1)C(=O)OCc1ccccc1. The predicted molar refractivity (Wildman–Crippen MR) is 162 cm³/mol. The Morgan fingerprint density at radius 3 is 2.38 bits per heavy atom. The predicted octanol–water partition coefficient (Wildman–Crippen LogP) is 5.84. The van der Waals surface area contributed by atoms with Crippen molar-refractivity contribution >= 4 is 29.8 Å². The summed E-state index contributed by atoms with van der Waals surface area (Å²) in [5.74, 6) is -0.476. The molecule has 0 unspecified atom stereocenters. The molecule has 0 aromatic heterocycles. The molecule has 0 radical (unpaired) electrons. The molecule has 0 spiro atoms. The maximum absolute atomic E-state index is 12.8. The first-order valence-electron chi connectivity index (χ1n) is 14.6. The molecular formula is C32H44ClN3O6. The number of alkyl carbamates (subject to hydrolysis) is 1. The monoisotopic (exact) mass is 601 g/mol. The summed E-state index contributed by atoms with van der Waals surface area (Å²) in [6.45, 7) is 8.66. The number of nitrogens with one attached hydrogen (secondary N) is 2. The van der Waals surface area contributed by atoms with Gasteiger partial charge in [-0.3, -0.25) is 9.69 Å². The summed E-state index contributed by atoms with van der Waals surface area (Å²) in [6.07, 6.45) is 2.37. The van der Waals surface area contributed by atoms with E-state index in [0.717, 1.165) is 36.8 Å². The zero-order chi connectivity index (χ0) is 30.6. The maximum Gasteiger partial charge on any atom is 0.410 e. The fraction of sp³-hybridized carbons (Fsp3) is 0.531. The number of halogens is 1. The van der Waals surface area contributed by atoms with E-state index in [-0.39, 0.29) is 31.2 Å². The second-order valence-corrected chi connectivity index (χ2v) is 12.1. The average molecular weight is 602 g/mol. The Balaban J connectivity index is 1.57. The van der Waals surface area contributed by atoms with Crippen LogP contribution in [0.3, 0.4) is 0 Å². The molecule has 0 heterocycles. The van der Waals surface area contributed by atoms with Gasteiger partial charge in [-0.2, -0.15) is 0 Å². The van der Waals surface area contributed by atoms with Crippen molar-refractivity contribution in [1.82, 2.24) is 15.5 Å². The number of hydrogen-bond donors (Lipinski definition) is 2. The highest BCUT2D eigenvalue weighted by atomic mass is 35.5. The Morgan fingerprint density at radius 2 is 1.74 bits per heavy atom. The van der Waals surface area contributed by atoms with Gasteiger partial charge in [0.2, 0.25) is 0 Å². The molecule has 42 heavy (non-hydrogen) atoms. The second-order valence-electron chi connectivity index (χ2n) is 11.6. The van der Waals surface area contributed by atoms with E-state index in [1.165, 1.54) is 4.90 Å². The van der Waals surface area contributed by atoms with Crippen molar-refractivity contribution in [3.8, 4) is 0 Å². The van der Waals surface area contributed by atoms with E-state index in [1.807, 2.05) is 69.3 Å². The van der Waals surface area contributed by atoms with Gasteiger partial charge in [-0.25, -0.2) is 9.59 Å². The molecule has 10 heteroatoms. The van der Waals surface area contributed by atoms with Crippen LogP contribution in [-0.2, 0) is 31.0 Å². The van der Waals surface area contributed by atoms with Gasteiger partial charge in [0.15, 0.2) is 0 Å². The number of amides is 2. The second kappa shape index (κ2) is 15.8. The lowest BCUT2D eigenvalue weighted by Crippen LogP contribution is -2.48. The van der Waals surface area contributed by atoms with Crippen LogP contribution in [0.4, 0.5) is 9.59 Å². The van der Waals surface area contributed by atoms with E-state index in [1.54, 1.807) is 6.92 Å². The zero-order valence-corrected chi connectivity index (χ0v) is 25.9. The highest BCUT2D eigenvalue weighted by Gasteiger charge is 2.38. The molecule has 0 bridgehead atoms. The number of rotatable bonds is 12. The van der Waals surface area contributed by atoms with Crippen molar-refractivity contribution in [2.75, 3.05) is 32.8 Å². The van der Waals surface area contributed by atoms with Crippen molar-refractivity contribution in [2.24, 2.45) is 0 Å². The third-order valence-electron chi connectivity index (χ3n) is 7.25. The fourth-order valence-electron chi connectivity index (χ4n) is 5.13. The van der Waals surface area contributed by atoms with Gasteiger partial charge in [0.25, 0.3) is 0 Å². The third kappa shape index (κ3) is 10.8. The molecule has 1 aliphatic carbocycles. The Bertz CT molecular complexity index is 1160. The molecule has 2 amide bonds. The Hall–Kier alpha value is -3.30. The van der Waals surface area contributed by atoms with E-state index in [9.17, 15) is 14.4 Å². The standard InChI is InChI=1S/C32H44ClN3O6/c1-5-40-28(37)21-36(30(39)41-22-24-10-7-6-8-11-24)19-18-34-27-14-16-32(17-15-27,25-12-9-13-26(33)20-25)23-35-29(38)42-31(2,3)4/h6-13,20,27,34H,5,14-19,21-23H2,1-4H3,(H,35,38)/t27-,32+. The number of benzene rings is 2. The quantitative estimate of drug-likeness (QED) is 0.233. The zero-order valence-electron chi connectivity index (χ0n) is 25.1. The van der Waals surface area contributed by atoms with Crippen LogP contribution in [0.2, 0.25) is 5.02 Å². The van der Waals surface area contributed by atoms with Gasteiger partial charge in [0.05, 0.1) is 6.61 Å². The van der Waals surface area contributed by atoms with Crippen molar-refractivity contribution in [1.29, 1.82) is 0 Å². The van der Waals surface area contributed by atoms with Crippen LogP contribution >= 0.6 is 11.6 Å². The number of carbonyl (C=O) groups excluding carboxylic acids is 3. The smallest absolute Gasteiger partial charge is 0.410 e. The van der Waals surface area contributed by atoms with Gasteiger partial charge >= 0.3 is 18.2 Å². The number of hydrogen-bond acceptors (Lipinski definition) is 7. The van der Waals surface area contributed by atoms with E-state index in [2.05, 4.69) is 16.7 Å². The summed E-state index contributed by atoms with van der Waals surface area (Å²) < 4.78 is 16.0. The molecule has 1 aliphatic rings. The molecule has 2 N–H and O–H groups in total. The van der Waals surface area contributed by atoms with Crippen molar-refractivity contribution in [3.63, 3.8) is 0 Å². The van der Waals surface area contributed by atoms with Crippen LogP contribution in [0.1, 0.15) is 64.5 Å². The molecule has 2 aromatic carbocycles. The van der Waals surface area contributed by atoms with Crippen LogP contribution in [0.15, 0.2) is 54.6 Å². The summed E-state index contributed by atoms with van der Waals surface area (Å²) in [5, 5.41) is 7.18. The highest BCUT2D eigenvalue weighted by molar-refractivity contribution is 6.30. The minimum absolute atomic E-state index is 0.123. The molecular weight excluding hydrogens is 558 g/mol. The summed E-state index contributed by atoms with van der Waals surface area (Å²) >= 11 is 6.34. The van der Waals surface area contributed by atoms with Crippen molar-refractivity contribution < 1.29 is 28.6 Å². The number of ether oxygens (including phenoxy) is 3. The largest absolute Gasteiger partial charge is 0.465 e. The fourth-order valence-corrected chi connectivity index (χ4v) is 5.32. The molecule has 1 fully saturated rings. The topological polar surface area (TPSA) is 106 Å². The van der Waals surface area contributed by atoms with E-state index in [0.29, 0.717) is 24.7 Å². The Morgan fingerprint density at radius 1 is 1.02 bits per heavy atom. The van der Waals surface area contributed by atoms with Gasteiger partial charge < -0.3 is 24.8 Å². The first kappa shape index (κ1) is 33.2. The Labute approximate surface area is 254 Å². The number of esters is 1. The third-order valence-corrected chi connectivity index (χ3v) is 7.49.